The highest BCUT2D eigenvalue weighted by Gasteiger charge is 1.99. The average Bonchev–Trinajstić information content (AvgIpc) is 2.75. The van der Waals surface area contributed by atoms with Gasteiger partial charge in [0, 0.05) is 19.5 Å². The van der Waals surface area contributed by atoms with Crippen molar-refractivity contribution in [2.24, 2.45) is 0 Å². The Morgan fingerprint density at radius 2 is 2.44 bits per heavy atom. The second-order valence-electron chi connectivity index (χ2n) is 3.20. The largest absolute Gasteiger partial charge is 0.383 e. The van der Waals surface area contributed by atoms with Gasteiger partial charge in [0.1, 0.15) is 12.1 Å². The summed E-state index contributed by atoms with van der Waals surface area (Å²) in [4.78, 5) is 7.91. The SMILES string of the molecule is COCCn1cc(Nc2ccncn2)cn1. The van der Waals surface area contributed by atoms with Gasteiger partial charge < -0.3 is 10.1 Å². The normalized spacial score (nSPS) is 10.3. The molecule has 0 saturated carbocycles. The van der Waals surface area contributed by atoms with Gasteiger partial charge in [-0.2, -0.15) is 5.10 Å². The summed E-state index contributed by atoms with van der Waals surface area (Å²) in [6.45, 7) is 1.39. The molecule has 16 heavy (non-hydrogen) atoms. The first-order valence-corrected chi connectivity index (χ1v) is 4.93. The predicted octanol–water partition coefficient (Wildman–Crippen LogP) is 1.06. The second-order valence-corrected chi connectivity index (χ2v) is 3.20. The summed E-state index contributed by atoms with van der Waals surface area (Å²) in [5.41, 5.74) is 0.898. The molecular weight excluding hydrogens is 206 g/mol. The third kappa shape index (κ3) is 2.77. The smallest absolute Gasteiger partial charge is 0.133 e. The number of hydrogen-bond donors (Lipinski definition) is 1. The summed E-state index contributed by atoms with van der Waals surface area (Å²) in [5.74, 6) is 0.751. The highest BCUT2D eigenvalue weighted by atomic mass is 16.5. The van der Waals surface area contributed by atoms with E-state index < -0.39 is 0 Å². The molecule has 2 aromatic heterocycles. The fraction of sp³-hybridized carbons (Fsp3) is 0.300. The standard InChI is InChI=1S/C10H13N5O/c1-16-5-4-15-7-9(6-13-15)14-10-2-3-11-8-12-10/h2-3,6-8H,4-5H2,1H3,(H,11,12,14). The quantitative estimate of drug-likeness (QED) is 0.814. The van der Waals surface area contributed by atoms with E-state index in [1.165, 1.54) is 6.33 Å². The van der Waals surface area contributed by atoms with Crippen molar-refractivity contribution in [2.45, 2.75) is 6.54 Å². The van der Waals surface area contributed by atoms with Gasteiger partial charge in [-0.15, -0.1) is 0 Å². The zero-order chi connectivity index (χ0) is 11.2. The van der Waals surface area contributed by atoms with Crippen LogP contribution < -0.4 is 5.32 Å². The number of nitrogens with zero attached hydrogens (tertiary/aromatic N) is 4. The molecule has 0 amide bonds. The summed E-state index contributed by atoms with van der Waals surface area (Å²) >= 11 is 0. The predicted molar refractivity (Wildman–Crippen MR) is 59.4 cm³/mol. The minimum absolute atomic E-state index is 0.647. The summed E-state index contributed by atoms with van der Waals surface area (Å²) in [7, 11) is 1.67. The fourth-order valence-electron chi connectivity index (χ4n) is 1.25. The second kappa shape index (κ2) is 5.22. The van der Waals surface area contributed by atoms with Gasteiger partial charge >= 0.3 is 0 Å². The van der Waals surface area contributed by atoms with E-state index in [-0.39, 0.29) is 0 Å². The lowest BCUT2D eigenvalue weighted by Crippen LogP contribution is -2.03. The Morgan fingerprint density at radius 3 is 3.19 bits per heavy atom. The van der Waals surface area contributed by atoms with E-state index in [9.17, 15) is 0 Å². The van der Waals surface area contributed by atoms with E-state index in [1.807, 2.05) is 10.9 Å². The first-order valence-electron chi connectivity index (χ1n) is 4.93. The van der Waals surface area contributed by atoms with Crippen molar-refractivity contribution in [3.8, 4) is 0 Å². The van der Waals surface area contributed by atoms with Crippen molar-refractivity contribution >= 4 is 11.5 Å². The summed E-state index contributed by atoms with van der Waals surface area (Å²) in [6, 6.07) is 1.80. The Bertz CT molecular complexity index is 428. The van der Waals surface area contributed by atoms with Crippen LogP contribution in [0.1, 0.15) is 0 Å². The molecule has 6 nitrogen and oxygen atoms in total. The van der Waals surface area contributed by atoms with Gasteiger partial charge in [-0.1, -0.05) is 0 Å². The highest BCUT2D eigenvalue weighted by Crippen LogP contribution is 2.11. The Hall–Kier alpha value is -1.95. The molecule has 0 spiro atoms. The molecule has 6 heteroatoms. The van der Waals surface area contributed by atoms with Crippen LogP contribution in [0.4, 0.5) is 11.5 Å². The molecule has 0 unspecified atom stereocenters. The van der Waals surface area contributed by atoms with Crippen LogP contribution in [-0.2, 0) is 11.3 Å². The molecule has 2 heterocycles. The summed E-state index contributed by atoms with van der Waals surface area (Å²) in [5, 5.41) is 7.31. The highest BCUT2D eigenvalue weighted by molar-refractivity contribution is 5.52. The maximum atomic E-state index is 4.97. The molecule has 0 aliphatic carbocycles. The van der Waals surface area contributed by atoms with E-state index in [0.717, 1.165) is 18.1 Å². The van der Waals surface area contributed by atoms with Crippen molar-refractivity contribution in [1.82, 2.24) is 19.7 Å². The number of methoxy groups -OCH3 is 1. The van der Waals surface area contributed by atoms with Gasteiger partial charge in [-0.3, -0.25) is 4.68 Å². The number of rotatable bonds is 5. The molecule has 0 saturated heterocycles. The van der Waals surface area contributed by atoms with E-state index in [0.29, 0.717) is 6.61 Å². The van der Waals surface area contributed by atoms with Crippen molar-refractivity contribution in [1.29, 1.82) is 0 Å². The van der Waals surface area contributed by atoms with Gasteiger partial charge in [-0.25, -0.2) is 9.97 Å². The number of ether oxygens (including phenoxy) is 1. The van der Waals surface area contributed by atoms with Gasteiger partial charge in [0.2, 0.25) is 0 Å². The number of aromatic nitrogens is 4. The molecular formula is C10H13N5O. The van der Waals surface area contributed by atoms with Crippen LogP contribution in [0.3, 0.4) is 0 Å². The molecule has 0 fully saturated rings. The van der Waals surface area contributed by atoms with E-state index in [4.69, 9.17) is 4.74 Å². The Labute approximate surface area is 93.3 Å². The first-order chi connectivity index (χ1) is 7.88. The number of anilines is 2. The van der Waals surface area contributed by atoms with Crippen LogP contribution in [0.5, 0.6) is 0 Å². The minimum Gasteiger partial charge on any atom is -0.383 e. The fourth-order valence-corrected chi connectivity index (χ4v) is 1.25. The number of hydrogen-bond acceptors (Lipinski definition) is 5. The van der Waals surface area contributed by atoms with Gasteiger partial charge in [0.05, 0.1) is 25.0 Å². The minimum atomic E-state index is 0.647. The van der Waals surface area contributed by atoms with Crippen LogP contribution in [0, 0.1) is 0 Å². The average molecular weight is 219 g/mol. The van der Waals surface area contributed by atoms with E-state index in [1.54, 1.807) is 25.6 Å². The maximum Gasteiger partial charge on any atom is 0.133 e. The molecule has 0 bridgehead atoms. The lowest BCUT2D eigenvalue weighted by molar-refractivity contribution is 0.183. The topological polar surface area (TPSA) is 64.9 Å². The van der Waals surface area contributed by atoms with Crippen LogP contribution in [-0.4, -0.2) is 33.5 Å². The third-order valence-electron chi connectivity index (χ3n) is 2.01. The van der Waals surface area contributed by atoms with Gasteiger partial charge in [0.25, 0.3) is 0 Å². The maximum absolute atomic E-state index is 4.97. The number of nitrogens with one attached hydrogen (secondary N) is 1. The lowest BCUT2D eigenvalue weighted by atomic mass is 10.5. The molecule has 0 atom stereocenters. The van der Waals surface area contributed by atoms with Crippen LogP contribution in [0.25, 0.3) is 0 Å². The van der Waals surface area contributed by atoms with E-state index >= 15 is 0 Å². The molecule has 2 rings (SSSR count). The molecule has 1 N–H and O–H groups in total. The van der Waals surface area contributed by atoms with Gasteiger partial charge in [-0.05, 0) is 6.07 Å². The van der Waals surface area contributed by atoms with Crippen molar-refractivity contribution in [3.05, 3.63) is 31.0 Å². The zero-order valence-corrected chi connectivity index (χ0v) is 9.00. The van der Waals surface area contributed by atoms with Crippen molar-refractivity contribution in [3.63, 3.8) is 0 Å². The van der Waals surface area contributed by atoms with Crippen molar-refractivity contribution in [2.75, 3.05) is 19.0 Å². The summed E-state index contributed by atoms with van der Waals surface area (Å²) < 4.78 is 6.78. The van der Waals surface area contributed by atoms with E-state index in [2.05, 4.69) is 20.4 Å². The Balaban J connectivity index is 1.97. The Kier molecular flexibility index (Phi) is 3.45. The van der Waals surface area contributed by atoms with Crippen LogP contribution in [0.15, 0.2) is 31.0 Å². The van der Waals surface area contributed by atoms with Crippen molar-refractivity contribution < 1.29 is 4.74 Å². The van der Waals surface area contributed by atoms with Crippen LogP contribution >= 0.6 is 0 Å². The van der Waals surface area contributed by atoms with Crippen LogP contribution in [0.2, 0.25) is 0 Å². The molecule has 0 aliphatic rings. The molecule has 0 radical (unpaired) electrons. The molecule has 0 aromatic carbocycles. The first kappa shape index (κ1) is 10.6. The zero-order valence-electron chi connectivity index (χ0n) is 9.00. The Morgan fingerprint density at radius 1 is 1.50 bits per heavy atom. The molecule has 0 aliphatic heterocycles. The molecule has 84 valence electrons. The summed E-state index contributed by atoms with van der Waals surface area (Å²) in [6.07, 6.45) is 6.83. The lowest BCUT2D eigenvalue weighted by Gasteiger charge is -2.00. The van der Waals surface area contributed by atoms with Gasteiger partial charge in [0.15, 0.2) is 0 Å². The third-order valence-corrected chi connectivity index (χ3v) is 2.01. The molecule has 2 aromatic rings. The monoisotopic (exact) mass is 219 g/mol.